The fourth-order valence-electron chi connectivity index (χ4n) is 2.44. The normalized spacial score (nSPS) is 13.7. The van der Waals surface area contributed by atoms with E-state index in [1.54, 1.807) is 0 Å². The number of hydrogen-bond donors (Lipinski definition) is 2. The second-order valence-corrected chi connectivity index (χ2v) is 5.13. The molecule has 1 unspecified atom stereocenters. The van der Waals surface area contributed by atoms with Crippen molar-refractivity contribution < 1.29 is 10.2 Å². The van der Waals surface area contributed by atoms with Crippen LogP contribution in [0.5, 0.6) is 0 Å². The van der Waals surface area contributed by atoms with E-state index < -0.39 is 5.41 Å². The van der Waals surface area contributed by atoms with Crippen molar-refractivity contribution in [2.75, 3.05) is 13.2 Å². The molecule has 0 aromatic heterocycles. The minimum Gasteiger partial charge on any atom is -0.395 e. The van der Waals surface area contributed by atoms with Crippen molar-refractivity contribution in [1.82, 2.24) is 0 Å². The van der Waals surface area contributed by atoms with Gasteiger partial charge in [0.25, 0.3) is 0 Å². The third kappa shape index (κ3) is 3.08. The maximum absolute atomic E-state index is 9.74. The van der Waals surface area contributed by atoms with Crippen LogP contribution in [0.25, 0.3) is 0 Å². The number of rotatable bonds is 6. The zero-order valence-electron chi connectivity index (χ0n) is 11.1. The summed E-state index contributed by atoms with van der Waals surface area (Å²) in [5, 5.41) is 19.5. The molecule has 2 N–H and O–H groups in total. The maximum Gasteiger partial charge on any atom is 0.0550 e. The molecule has 1 atom stereocenters. The Morgan fingerprint density at radius 1 is 1.18 bits per heavy atom. The van der Waals surface area contributed by atoms with Gasteiger partial charge >= 0.3 is 0 Å². The maximum atomic E-state index is 9.74. The molecule has 0 aliphatic rings. The smallest absolute Gasteiger partial charge is 0.0550 e. The quantitative estimate of drug-likeness (QED) is 0.797. The largest absolute Gasteiger partial charge is 0.395 e. The van der Waals surface area contributed by atoms with Crippen molar-refractivity contribution in [3.8, 4) is 0 Å². The van der Waals surface area contributed by atoms with Gasteiger partial charge in [-0.25, -0.2) is 0 Å². The number of benzene rings is 1. The zero-order valence-corrected chi connectivity index (χ0v) is 11.1. The highest BCUT2D eigenvalue weighted by Crippen LogP contribution is 2.33. The van der Waals surface area contributed by atoms with Gasteiger partial charge < -0.3 is 10.2 Å². The highest BCUT2D eigenvalue weighted by atomic mass is 16.3. The first-order chi connectivity index (χ1) is 8.09. The lowest BCUT2D eigenvalue weighted by atomic mass is 9.73. The number of aliphatic hydroxyl groups is 2. The van der Waals surface area contributed by atoms with Crippen LogP contribution in [-0.4, -0.2) is 23.4 Å². The highest BCUT2D eigenvalue weighted by molar-refractivity contribution is 5.34. The summed E-state index contributed by atoms with van der Waals surface area (Å²) in [6, 6.07) is 8.01. The van der Waals surface area contributed by atoms with Gasteiger partial charge in [0, 0.05) is 5.41 Å². The summed E-state index contributed by atoms with van der Waals surface area (Å²) in [4.78, 5) is 0. The molecule has 0 aliphatic carbocycles. The van der Waals surface area contributed by atoms with Crippen LogP contribution in [0.2, 0.25) is 0 Å². The highest BCUT2D eigenvalue weighted by Gasteiger charge is 2.33. The minimum atomic E-state index is -0.499. The van der Waals surface area contributed by atoms with Crippen LogP contribution in [0, 0.1) is 12.8 Å². The molecule has 0 saturated heterocycles. The second kappa shape index (κ2) is 6.18. The van der Waals surface area contributed by atoms with Crippen LogP contribution < -0.4 is 0 Å². The van der Waals surface area contributed by atoms with Crippen molar-refractivity contribution in [2.45, 2.75) is 39.0 Å². The van der Waals surface area contributed by atoms with Gasteiger partial charge in [-0.1, -0.05) is 44.5 Å². The van der Waals surface area contributed by atoms with E-state index in [4.69, 9.17) is 0 Å². The van der Waals surface area contributed by atoms with Crippen molar-refractivity contribution in [2.24, 2.45) is 5.92 Å². The molecule has 0 saturated carbocycles. The second-order valence-electron chi connectivity index (χ2n) is 5.13. The van der Waals surface area contributed by atoms with Crippen LogP contribution in [-0.2, 0) is 5.41 Å². The Bertz CT molecular complexity index is 343. The van der Waals surface area contributed by atoms with Crippen molar-refractivity contribution in [3.63, 3.8) is 0 Å². The first kappa shape index (κ1) is 14.2. The van der Waals surface area contributed by atoms with Gasteiger partial charge in [-0.3, -0.25) is 0 Å². The molecule has 2 nitrogen and oxygen atoms in total. The molecule has 0 aliphatic heterocycles. The molecule has 0 radical (unpaired) electrons. The van der Waals surface area contributed by atoms with Gasteiger partial charge in [0.05, 0.1) is 13.2 Å². The lowest BCUT2D eigenvalue weighted by Gasteiger charge is -2.34. The van der Waals surface area contributed by atoms with Gasteiger partial charge in [-0.2, -0.15) is 0 Å². The Kier molecular flexibility index (Phi) is 5.16. The first-order valence-corrected chi connectivity index (χ1v) is 6.37. The summed E-state index contributed by atoms with van der Waals surface area (Å²) < 4.78 is 0. The zero-order chi connectivity index (χ0) is 12.9. The van der Waals surface area contributed by atoms with Gasteiger partial charge in [0.15, 0.2) is 0 Å². The Morgan fingerprint density at radius 2 is 1.76 bits per heavy atom. The third-order valence-corrected chi connectivity index (χ3v) is 3.76. The van der Waals surface area contributed by atoms with E-state index in [0.717, 1.165) is 24.0 Å². The van der Waals surface area contributed by atoms with E-state index in [9.17, 15) is 10.2 Å². The van der Waals surface area contributed by atoms with Crippen molar-refractivity contribution >= 4 is 0 Å². The number of aryl methyl sites for hydroxylation is 1. The first-order valence-electron chi connectivity index (χ1n) is 6.37. The predicted molar refractivity (Wildman–Crippen MR) is 71.1 cm³/mol. The standard InChI is InChI=1S/C15H24O2/c1-4-12(2)9-15(10-16,11-17)14-8-6-5-7-13(14)3/h5-8,12,16-17H,4,9-11H2,1-3H3. The molecule has 1 aromatic rings. The van der Waals surface area contributed by atoms with E-state index >= 15 is 0 Å². The van der Waals surface area contributed by atoms with Crippen LogP contribution in [0.15, 0.2) is 24.3 Å². The molecule has 1 aromatic carbocycles. The molecule has 0 amide bonds. The fraction of sp³-hybridized carbons (Fsp3) is 0.600. The Hall–Kier alpha value is -0.860. The molecular formula is C15H24O2. The third-order valence-electron chi connectivity index (χ3n) is 3.76. The van der Waals surface area contributed by atoms with Crippen molar-refractivity contribution in [1.29, 1.82) is 0 Å². The van der Waals surface area contributed by atoms with Crippen LogP contribution in [0.3, 0.4) is 0 Å². The molecule has 0 heterocycles. The fourth-order valence-corrected chi connectivity index (χ4v) is 2.44. The Labute approximate surface area is 104 Å². The summed E-state index contributed by atoms with van der Waals surface area (Å²) in [5.41, 5.74) is 1.71. The summed E-state index contributed by atoms with van der Waals surface area (Å²) in [6.45, 7) is 6.34. The molecule has 0 bridgehead atoms. The minimum absolute atomic E-state index is 0.00130. The van der Waals surface area contributed by atoms with E-state index in [1.807, 2.05) is 31.2 Å². The monoisotopic (exact) mass is 236 g/mol. The summed E-state index contributed by atoms with van der Waals surface area (Å²) >= 11 is 0. The van der Waals surface area contributed by atoms with E-state index in [2.05, 4.69) is 13.8 Å². The van der Waals surface area contributed by atoms with Crippen LogP contribution in [0.1, 0.15) is 37.8 Å². The molecule has 0 fully saturated rings. The van der Waals surface area contributed by atoms with Crippen molar-refractivity contribution in [3.05, 3.63) is 35.4 Å². The molecular weight excluding hydrogens is 212 g/mol. The molecule has 96 valence electrons. The van der Waals surface area contributed by atoms with E-state index in [-0.39, 0.29) is 13.2 Å². The summed E-state index contributed by atoms with van der Waals surface area (Å²) in [6.07, 6.45) is 1.88. The van der Waals surface area contributed by atoms with Crippen LogP contribution >= 0.6 is 0 Å². The number of hydrogen-bond acceptors (Lipinski definition) is 2. The summed E-state index contributed by atoms with van der Waals surface area (Å²) in [7, 11) is 0. The SMILES string of the molecule is CCC(C)CC(CO)(CO)c1ccccc1C. The summed E-state index contributed by atoms with van der Waals surface area (Å²) in [5.74, 6) is 0.494. The van der Waals surface area contributed by atoms with Crippen LogP contribution in [0.4, 0.5) is 0 Å². The number of aliphatic hydroxyl groups excluding tert-OH is 2. The van der Waals surface area contributed by atoms with E-state index in [1.165, 1.54) is 0 Å². The van der Waals surface area contributed by atoms with Gasteiger partial charge in [-0.05, 0) is 30.4 Å². The van der Waals surface area contributed by atoms with Gasteiger partial charge in [0.1, 0.15) is 0 Å². The average Bonchev–Trinajstić information content (AvgIpc) is 2.36. The Morgan fingerprint density at radius 3 is 2.24 bits per heavy atom. The molecule has 17 heavy (non-hydrogen) atoms. The van der Waals surface area contributed by atoms with Gasteiger partial charge in [0.2, 0.25) is 0 Å². The molecule has 0 spiro atoms. The molecule has 1 rings (SSSR count). The lowest BCUT2D eigenvalue weighted by Crippen LogP contribution is -2.37. The average molecular weight is 236 g/mol. The molecule has 2 heteroatoms. The topological polar surface area (TPSA) is 40.5 Å². The van der Waals surface area contributed by atoms with E-state index in [0.29, 0.717) is 5.92 Å². The predicted octanol–water partition coefficient (Wildman–Crippen LogP) is 2.65. The Balaban J connectivity index is 3.11. The van der Waals surface area contributed by atoms with Gasteiger partial charge in [-0.15, -0.1) is 0 Å². The lowest BCUT2D eigenvalue weighted by molar-refractivity contribution is 0.0959.